The normalized spacial score (nSPS) is 14.3. The maximum absolute atomic E-state index is 14.4. The zero-order chi connectivity index (χ0) is 19.2. The van der Waals surface area contributed by atoms with Crippen LogP contribution in [-0.2, 0) is 4.79 Å². The van der Waals surface area contributed by atoms with Gasteiger partial charge >= 0.3 is 5.97 Å². The van der Waals surface area contributed by atoms with Gasteiger partial charge in [-0.3, -0.25) is 4.79 Å². The predicted molar refractivity (Wildman–Crippen MR) is 100 cm³/mol. The second kappa shape index (κ2) is 8.84. The summed E-state index contributed by atoms with van der Waals surface area (Å²) >= 11 is 0. The molecule has 0 bridgehead atoms. The van der Waals surface area contributed by atoms with Gasteiger partial charge in [0.25, 0.3) is 0 Å². The van der Waals surface area contributed by atoms with Gasteiger partial charge in [-0.05, 0) is 43.0 Å². The summed E-state index contributed by atoms with van der Waals surface area (Å²) in [5.41, 5.74) is 2.03. The van der Waals surface area contributed by atoms with E-state index in [1.165, 1.54) is 25.0 Å². The largest absolute Gasteiger partial charge is 0.488 e. The Hall–Kier alpha value is -2.63. The van der Waals surface area contributed by atoms with Gasteiger partial charge in [-0.25, -0.2) is 8.78 Å². The van der Waals surface area contributed by atoms with Crippen LogP contribution in [0.15, 0.2) is 36.4 Å². The summed E-state index contributed by atoms with van der Waals surface area (Å²) in [4.78, 5) is 10.5. The highest BCUT2D eigenvalue weighted by molar-refractivity contribution is 5.78. The first-order valence-electron chi connectivity index (χ1n) is 9.24. The summed E-state index contributed by atoms with van der Waals surface area (Å²) in [6, 6.07) is 10.4. The molecule has 2 aromatic carbocycles. The van der Waals surface area contributed by atoms with E-state index >= 15 is 0 Å². The van der Waals surface area contributed by atoms with Crippen LogP contribution < -0.4 is 10.1 Å². The monoisotopic (exact) mass is 375 g/mol. The Labute approximate surface area is 157 Å². The third kappa shape index (κ3) is 4.96. The number of hydrogen-bond donors (Lipinski definition) is 2. The van der Waals surface area contributed by atoms with Crippen LogP contribution in [-0.4, -0.2) is 23.7 Å². The van der Waals surface area contributed by atoms with E-state index in [9.17, 15) is 13.6 Å². The summed E-state index contributed by atoms with van der Waals surface area (Å²) in [5, 5.41) is 12.1. The fraction of sp³-hybridized carbons (Fsp3) is 0.381. The van der Waals surface area contributed by atoms with Gasteiger partial charge in [0, 0.05) is 23.7 Å². The van der Waals surface area contributed by atoms with Crippen molar-refractivity contribution < 1.29 is 23.4 Å². The number of halogens is 2. The molecule has 27 heavy (non-hydrogen) atoms. The van der Waals surface area contributed by atoms with E-state index < -0.39 is 23.4 Å². The van der Waals surface area contributed by atoms with Gasteiger partial charge in [0.2, 0.25) is 0 Å². The third-order valence-corrected chi connectivity index (χ3v) is 4.73. The van der Waals surface area contributed by atoms with Crippen molar-refractivity contribution in [3.63, 3.8) is 0 Å². The molecular formula is C21H23F2NO3. The summed E-state index contributed by atoms with van der Waals surface area (Å²) < 4.78 is 34.0. The van der Waals surface area contributed by atoms with Crippen molar-refractivity contribution in [3.8, 4) is 16.9 Å². The van der Waals surface area contributed by atoms with Gasteiger partial charge in [0.1, 0.15) is 0 Å². The summed E-state index contributed by atoms with van der Waals surface area (Å²) in [6.07, 6.45) is 4.65. The van der Waals surface area contributed by atoms with Crippen LogP contribution in [0.4, 0.5) is 14.5 Å². The molecule has 1 fully saturated rings. The van der Waals surface area contributed by atoms with Gasteiger partial charge in [0.05, 0.1) is 6.61 Å². The highest BCUT2D eigenvalue weighted by atomic mass is 19.1. The SMILES string of the molecule is O=C(O)CCCOc1c(F)cc(-c2ccccc2NC2CCCC2)cc1F. The molecule has 0 aromatic heterocycles. The van der Waals surface area contributed by atoms with Gasteiger partial charge < -0.3 is 15.2 Å². The van der Waals surface area contributed by atoms with E-state index in [0.29, 0.717) is 11.6 Å². The molecule has 4 nitrogen and oxygen atoms in total. The third-order valence-electron chi connectivity index (χ3n) is 4.73. The molecule has 2 aromatic rings. The van der Waals surface area contributed by atoms with Crippen molar-refractivity contribution in [2.75, 3.05) is 11.9 Å². The molecule has 0 heterocycles. The number of hydrogen-bond acceptors (Lipinski definition) is 3. The van der Waals surface area contributed by atoms with Crippen LogP contribution in [0.3, 0.4) is 0 Å². The lowest BCUT2D eigenvalue weighted by molar-refractivity contribution is -0.137. The van der Waals surface area contributed by atoms with Crippen molar-refractivity contribution in [1.82, 2.24) is 0 Å². The number of anilines is 1. The Bertz CT molecular complexity index is 781. The number of carbonyl (C=O) groups is 1. The second-order valence-electron chi connectivity index (χ2n) is 6.79. The summed E-state index contributed by atoms with van der Waals surface area (Å²) in [5.74, 6) is -3.03. The number of benzene rings is 2. The van der Waals surface area contributed by atoms with E-state index in [-0.39, 0.29) is 19.4 Å². The number of aliphatic carboxylic acids is 1. The van der Waals surface area contributed by atoms with Gasteiger partial charge in [-0.2, -0.15) is 0 Å². The van der Waals surface area contributed by atoms with Crippen LogP contribution in [0.25, 0.3) is 11.1 Å². The average Bonchev–Trinajstić information content (AvgIpc) is 3.13. The maximum atomic E-state index is 14.4. The lowest BCUT2D eigenvalue weighted by Crippen LogP contribution is -2.15. The molecule has 6 heteroatoms. The molecule has 0 atom stereocenters. The van der Waals surface area contributed by atoms with Crippen molar-refractivity contribution in [1.29, 1.82) is 0 Å². The zero-order valence-corrected chi connectivity index (χ0v) is 15.0. The molecule has 1 aliphatic carbocycles. The van der Waals surface area contributed by atoms with Gasteiger partial charge in [-0.15, -0.1) is 0 Å². The van der Waals surface area contributed by atoms with Crippen LogP contribution in [0.5, 0.6) is 5.75 Å². The van der Waals surface area contributed by atoms with Crippen molar-refractivity contribution in [2.24, 2.45) is 0 Å². The number of rotatable bonds is 8. The molecule has 0 saturated heterocycles. The molecule has 0 spiro atoms. The Morgan fingerprint density at radius 3 is 2.48 bits per heavy atom. The maximum Gasteiger partial charge on any atom is 0.303 e. The molecule has 1 saturated carbocycles. The number of para-hydroxylation sites is 1. The van der Waals surface area contributed by atoms with Crippen molar-refractivity contribution >= 4 is 11.7 Å². The average molecular weight is 375 g/mol. The first kappa shape index (κ1) is 19.1. The minimum absolute atomic E-state index is 0.0562. The van der Waals surface area contributed by atoms with E-state index in [1.54, 1.807) is 0 Å². The van der Waals surface area contributed by atoms with Crippen LogP contribution >= 0.6 is 0 Å². The number of carboxylic acids is 1. The van der Waals surface area contributed by atoms with Crippen LogP contribution in [0, 0.1) is 11.6 Å². The molecule has 2 N–H and O–H groups in total. The Balaban J connectivity index is 1.78. The molecule has 0 unspecified atom stereocenters. The minimum atomic E-state index is -0.971. The van der Waals surface area contributed by atoms with Crippen molar-refractivity contribution in [3.05, 3.63) is 48.0 Å². The molecule has 0 amide bonds. The quantitative estimate of drug-likeness (QED) is 0.620. The molecule has 0 radical (unpaired) electrons. The van der Waals surface area contributed by atoms with E-state index in [2.05, 4.69) is 5.32 Å². The summed E-state index contributed by atoms with van der Waals surface area (Å²) in [6.45, 7) is -0.0562. The zero-order valence-electron chi connectivity index (χ0n) is 15.0. The first-order chi connectivity index (χ1) is 13.0. The first-order valence-corrected chi connectivity index (χ1v) is 9.24. The summed E-state index contributed by atoms with van der Waals surface area (Å²) in [7, 11) is 0. The molecule has 3 rings (SSSR count). The van der Waals surface area contributed by atoms with Crippen molar-refractivity contribution in [2.45, 2.75) is 44.6 Å². The molecule has 144 valence electrons. The topological polar surface area (TPSA) is 58.6 Å². The Morgan fingerprint density at radius 1 is 1.15 bits per heavy atom. The predicted octanol–water partition coefficient (Wildman–Crippen LogP) is 5.23. The van der Waals surface area contributed by atoms with E-state index in [0.717, 1.165) is 24.1 Å². The highest BCUT2D eigenvalue weighted by Crippen LogP contribution is 2.34. The lowest BCUT2D eigenvalue weighted by atomic mass is 10.0. The second-order valence-corrected chi connectivity index (χ2v) is 6.79. The van der Waals surface area contributed by atoms with Gasteiger partial charge in [-0.1, -0.05) is 31.0 Å². The smallest absolute Gasteiger partial charge is 0.303 e. The van der Waals surface area contributed by atoms with Crippen LogP contribution in [0.2, 0.25) is 0 Å². The molecular weight excluding hydrogens is 352 g/mol. The number of nitrogens with one attached hydrogen (secondary N) is 1. The van der Waals surface area contributed by atoms with Gasteiger partial charge in [0.15, 0.2) is 17.4 Å². The van der Waals surface area contributed by atoms with Crippen LogP contribution in [0.1, 0.15) is 38.5 Å². The van der Waals surface area contributed by atoms with E-state index in [1.807, 2.05) is 24.3 Å². The fourth-order valence-electron chi connectivity index (χ4n) is 3.40. The molecule has 0 aliphatic heterocycles. The highest BCUT2D eigenvalue weighted by Gasteiger charge is 2.18. The fourth-order valence-corrected chi connectivity index (χ4v) is 3.40. The standard InChI is InChI=1S/C21H23F2NO3/c22-17-12-14(13-18(23)21(17)27-11-5-10-20(25)26)16-8-3-4-9-19(16)24-15-6-1-2-7-15/h3-4,8-9,12-13,15,24H,1-2,5-7,10-11H2,(H,25,26). The number of ether oxygens (including phenoxy) is 1. The minimum Gasteiger partial charge on any atom is -0.488 e. The number of carboxylic acid groups (broad SMARTS) is 1. The Kier molecular flexibility index (Phi) is 6.27. The Morgan fingerprint density at radius 2 is 1.81 bits per heavy atom. The molecule has 1 aliphatic rings. The van der Waals surface area contributed by atoms with E-state index in [4.69, 9.17) is 9.84 Å². The lowest BCUT2D eigenvalue weighted by Gasteiger charge is -2.18.